The number of nitrogens with two attached hydrogens (primary N) is 2. The smallest absolute Gasteiger partial charge is 0.463 e. The van der Waals surface area contributed by atoms with Gasteiger partial charge in [0.25, 0.3) is 0 Å². The average Bonchev–Trinajstić information content (AvgIpc) is 3.68. The van der Waals surface area contributed by atoms with Crippen molar-refractivity contribution in [3.05, 3.63) is 0 Å². The molecule has 2 aliphatic heterocycles. The molecule has 2 fully saturated rings. The van der Waals surface area contributed by atoms with E-state index in [0.717, 1.165) is 19.5 Å². The van der Waals surface area contributed by atoms with E-state index in [-0.39, 0.29) is 44.6 Å². The van der Waals surface area contributed by atoms with Gasteiger partial charge in [0.05, 0.1) is 33.0 Å². The molecule has 4 unspecified atom stereocenters. The maximum absolute atomic E-state index is 10.8. The summed E-state index contributed by atoms with van der Waals surface area (Å²) in [5.41, 5.74) is 9.69. The first-order chi connectivity index (χ1) is 23.8. The minimum atomic E-state index is -0.712. The molecule has 0 aliphatic carbocycles. The number of carbonyl (C=O) groups excluding carboxylic acids is 4. The number of aliphatic hydroxyl groups excluding tert-OH is 2. The number of rotatable bonds is 15. The van der Waals surface area contributed by atoms with E-state index in [1.165, 1.54) is 34.0 Å². The van der Waals surface area contributed by atoms with Crippen LogP contribution in [-0.2, 0) is 57.0 Å². The van der Waals surface area contributed by atoms with E-state index in [4.69, 9.17) is 35.9 Å². The molecule has 2 heterocycles. The quantitative estimate of drug-likeness (QED) is 0.138. The highest BCUT2D eigenvalue weighted by molar-refractivity contribution is 5.69. The summed E-state index contributed by atoms with van der Waals surface area (Å²) in [4.78, 5) is 41.5. The van der Waals surface area contributed by atoms with Crippen LogP contribution in [0.25, 0.3) is 0 Å². The number of methoxy groups -OCH3 is 4. The van der Waals surface area contributed by atoms with Gasteiger partial charge in [-0.25, -0.2) is 9.59 Å². The van der Waals surface area contributed by atoms with Gasteiger partial charge < -0.3 is 69.0 Å². The van der Waals surface area contributed by atoms with Gasteiger partial charge in [-0.3, -0.25) is 9.59 Å². The summed E-state index contributed by atoms with van der Waals surface area (Å²) in [6, 6.07) is 0. The van der Waals surface area contributed by atoms with E-state index in [9.17, 15) is 19.2 Å². The minimum absolute atomic E-state index is 0.0205. The van der Waals surface area contributed by atoms with E-state index in [0.29, 0.717) is 32.8 Å². The molecule has 302 valence electrons. The van der Waals surface area contributed by atoms with Crippen LogP contribution in [0.3, 0.4) is 0 Å². The maximum Gasteiger partial charge on any atom is 0.508 e. The van der Waals surface area contributed by atoms with E-state index in [2.05, 4.69) is 47.0 Å². The van der Waals surface area contributed by atoms with Crippen LogP contribution in [0, 0.1) is 0 Å². The fourth-order valence-electron chi connectivity index (χ4n) is 2.52. The third kappa shape index (κ3) is 49.5. The van der Waals surface area contributed by atoms with Gasteiger partial charge in [0.1, 0.15) is 32.0 Å². The molecule has 0 saturated carbocycles. The Hall–Kier alpha value is -2.84. The summed E-state index contributed by atoms with van der Waals surface area (Å²) in [5.74, 6) is -0.677. The van der Waals surface area contributed by atoms with Crippen molar-refractivity contribution in [2.45, 2.75) is 91.6 Å². The van der Waals surface area contributed by atoms with Crippen molar-refractivity contribution in [2.75, 3.05) is 94.4 Å². The van der Waals surface area contributed by atoms with Crippen LogP contribution in [0.2, 0.25) is 0 Å². The van der Waals surface area contributed by atoms with Gasteiger partial charge in [-0.1, -0.05) is 47.5 Å². The average molecular weight is 737 g/mol. The van der Waals surface area contributed by atoms with Crippen LogP contribution in [0.15, 0.2) is 0 Å². The largest absolute Gasteiger partial charge is 0.508 e. The molecule has 0 amide bonds. The Kier molecular flexibility index (Phi) is 52.2. The lowest BCUT2D eigenvalue weighted by Crippen LogP contribution is -2.25. The van der Waals surface area contributed by atoms with Gasteiger partial charge >= 0.3 is 24.2 Å². The highest BCUT2D eigenvalue weighted by Crippen LogP contribution is 2.06. The minimum Gasteiger partial charge on any atom is -0.463 e. The van der Waals surface area contributed by atoms with Crippen LogP contribution in [0.4, 0.5) is 9.59 Å². The number of aliphatic hydroxyl groups is 2. The Morgan fingerprint density at radius 1 is 0.760 bits per heavy atom. The normalized spacial score (nSPS) is 16.0. The van der Waals surface area contributed by atoms with Gasteiger partial charge in [-0.15, -0.1) is 0 Å². The molecular formula is C32H68N2O16. The predicted octanol–water partition coefficient (Wildman–Crippen LogP) is 1.97. The Morgan fingerprint density at radius 2 is 1.18 bits per heavy atom. The summed E-state index contributed by atoms with van der Waals surface area (Å²) in [6.45, 7) is 14.5. The number of hydrogen-bond acceptors (Lipinski definition) is 18. The lowest BCUT2D eigenvalue weighted by molar-refractivity contribution is -0.151. The Bertz CT molecular complexity index is 717. The number of carbonyl (C=O) groups is 4. The standard InChI is InChI=1S/C8H16O4.C6H12O4.2C5H8O4.C4H10.2C2H7N/c1-3-4-8(10)12-6-7(9)5-11-2;1-5(8)10-6(3-7)4-9-2;2*1-7-2-4-3-8-5(6)9-4;1-3-4-2;2*1-2-3/h7,9H,3-6H2,1-2H3;6-7H,3-4H2,1-2H3;2*4H,2-3H2,1H3;3-4H2,1-2H3;2*2-3H2,1H3. The van der Waals surface area contributed by atoms with Crippen LogP contribution < -0.4 is 11.5 Å². The summed E-state index contributed by atoms with van der Waals surface area (Å²) in [5, 5.41) is 17.6. The fourth-order valence-corrected chi connectivity index (χ4v) is 2.52. The van der Waals surface area contributed by atoms with Crippen molar-refractivity contribution < 1.29 is 76.8 Å². The lowest BCUT2D eigenvalue weighted by Gasteiger charge is -2.11. The van der Waals surface area contributed by atoms with Gasteiger partial charge in [-0.05, 0) is 19.5 Å². The second-order valence-electron chi connectivity index (χ2n) is 9.74. The lowest BCUT2D eigenvalue weighted by atomic mass is 10.3. The zero-order chi connectivity index (χ0) is 39.6. The first kappa shape index (κ1) is 56.5. The van der Waals surface area contributed by atoms with Crippen molar-refractivity contribution in [3.8, 4) is 0 Å². The summed E-state index contributed by atoms with van der Waals surface area (Å²) in [7, 11) is 6.06. The molecule has 0 radical (unpaired) electrons. The van der Waals surface area contributed by atoms with Crippen molar-refractivity contribution in [2.24, 2.45) is 11.5 Å². The molecule has 18 heteroatoms. The Labute approximate surface area is 298 Å². The van der Waals surface area contributed by atoms with E-state index < -0.39 is 30.5 Å². The molecule has 0 bridgehead atoms. The second-order valence-corrected chi connectivity index (χ2v) is 9.74. The van der Waals surface area contributed by atoms with Gasteiger partial charge in [-0.2, -0.15) is 0 Å². The molecule has 0 spiro atoms. The van der Waals surface area contributed by atoms with Crippen molar-refractivity contribution in [3.63, 3.8) is 0 Å². The highest BCUT2D eigenvalue weighted by atomic mass is 16.8. The van der Waals surface area contributed by atoms with E-state index in [1.807, 2.05) is 20.8 Å². The topological polar surface area (TPSA) is 253 Å². The molecule has 2 aliphatic rings. The number of unbranched alkanes of at least 4 members (excludes halogenated alkanes) is 1. The van der Waals surface area contributed by atoms with Crippen LogP contribution in [-0.4, -0.2) is 153 Å². The molecule has 4 atom stereocenters. The molecule has 0 aromatic carbocycles. The van der Waals surface area contributed by atoms with E-state index in [1.54, 1.807) is 14.2 Å². The maximum atomic E-state index is 10.8. The van der Waals surface area contributed by atoms with Crippen molar-refractivity contribution in [1.29, 1.82) is 0 Å². The van der Waals surface area contributed by atoms with Gasteiger partial charge in [0, 0.05) is 41.8 Å². The molecule has 0 aromatic heterocycles. The molecular weight excluding hydrogens is 668 g/mol. The van der Waals surface area contributed by atoms with Crippen molar-refractivity contribution >= 4 is 24.2 Å². The Morgan fingerprint density at radius 3 is 1.44 bits per heavy atom. The first-order valence-corrected chi connectivity index (χ1v) is 16.4. The van der Waals surface area contributed by atoms with Gasteiger partial charge in [0.15, 0.2) is 12.2 Å². The molecule has 50 heavy (non-hydrogen) atoms. The first-order valence-electron chi connectivity index (χ1n) is 16.4. The SMILES string of the molecule is CCCC.CCCC(=O)OCC(O)COC.CCN.CCN.COCC(CO)OC(C)=O.COCC1COC(=O)O1.COCC1COC(=O)O1. The molecule has 2 rings (SSSR count). The van der Waals surface area contributed by atoms with Crippen LogP contribution in [0.5, 0.6) is 0 Å². The molecule has 0 aromatic rings. The monoisotopic (exact) mass is 736 g/mol. The molecule has 18 nitrogen and oxygen atoms in total. The fraction of sp³-hybridized carbons (Fsp3) is 0.875. The van der Waals surface area contributed by atoms with Crippen LogP contribution in [0.1, 0.15) is 67.2 Å². The number of ether oxygens (including phenoxy) is 10. The third-order valence-electron chi connectivity index (χ3n) is 4.64. The zero-order valence-corrected chi connectivity index (χ0v) is 32.0. The predicted molar refractivity (Wildman–Crippen MR) is 184 cm³/mol. The summed E-state index contributed by atoms with van der Waals surface area (Å²) in [6.07, 6.45) is 0.955. The van der Waals surface area contributed by atoms with Crippen LogP contribution >= 0.6 is 0 Å². The van der Waals surface area contributed by atoms with Crippen molar-refractivity contribution in [1.82, 2.24) is 0 Å². The number of hydrogen-bond donors (Lipinski definition) is 4. The summed E-state index contributed by atoms with van der Waals surface area (Å²) >= 11 is 0. The highest BCUT2D eigenvalue weighted by Gasteiger charge is 2.24. The molecule has 6 N–H and O–H groups in total. The third-order valence-corrected chi connectivity index (χ3v) is 4.64. The number of cyclic esters (lactones) is 4. The molecule has 2 saturated heterocycles. The second kappa shape index (κ2) is 46.2. The number of esters is 2. The van der Waals surface area contributed by atoms with E-state index >= 15 is 0 Å². The van der Waals surface area contributed by atoms with Gasteiger partial charge in [0.2, 0.25) is 0 Å². The Balaban J connectivity index is -0.000000166. The zero-order valence-electron chi connectivity index (χ0n) is 32.0. The summed E-state index contributed by atoms with van der Waals surface area (Å²) < 4.78 is 46.3.